The summed E-state index contributed by atoms with van der Waals surface area (Å²) in [4.78, 5) is 7.75. The van der Waals surface area contributed by atoms with Gasteiger partial charge < -0.3 is 10.1 Å². The fourth-order valence-electron chi connectivity index (χ4n) is 1.52. The Kier molecular flexibility index (Phi) is 4.29. The number of nitrogens with zero attached hydrogens (tertiary/aromatic N) is 4. The van der Waals surface area contributed by atoms with Gasteiger partial charge in [0, 0.05) is 19.7 Å². The van der Waals surface area contributed by atoms with Gasteiger partial charge in [-0.1, -0.05) is 6.92 Å². The molecule has 0 atom stereocenters. The molecule has 0 aromatic carbocycles. The molecule has 0 bridgehead atoms. The number of aryl methyl sites for hydroxylation is 1. The third-order valence-electron chi connectivity index (χ3n) is 2.46. The molecule has 114 valence electrons. The Bertz CT molecular complexity index is 611. The van der Waals surface area contributed by atoms with Gasteiger partial charge in [0.2, 0.25) is 5.88 Å². The first-order valence-corrected chi connectivity index (χ1v) is 6.25. The molecule has 0 amide bonds. The first-order chi connectivity index (χ1) is 9.88. The summed E-state index contributed by atoms with van der Waals surface area (Å²) in [5.74, 6) is -0.118. The highest BCUT2D eigenvalue weighted by atomic mass is 19.4. The van der Waals surface area contributed by atoms with Crippen molar-refractivity contribution in [2.45, 2.75) is 19.5 Å². The van der Waals surface area contributed by atoms with E-state index in [0.717, 1.165) is 18.6 Å². The minimum Gasteiger partial charge on any atom is -0.404 e. The number of pyridine rings is 1. The van der Waals surface area contributed by atoms with Crippen LogP contribution in [-0.4, -0.2) is 26.3 Å². The van der Waals surface area contributed by atoms with Crippen LogP contribution in [0.3, 0.4) is 0 Å². The average Bonchev–Trinajstić information content (AvgIpc) is 2.80. The van der Waals surface area contributed by atoms with Gasteiger partial charge in [0.15, 0.2) is 0 Å². The summed E-state index contributed by atoms with van der Waals surface area (Å²) in [6.45, 7) is 2.41. The van der Waals surface area contributed by atoms with Crippen molar-refractivity contribution in [1.82, 2.24) is 19.7 Å². The maximum Gasteiger partial charge on any atom is 0.416 e. The number of alkyl halides is 3. The zero-order valence-electron chi connectivity index (χ0n) is 11.5. The summed E-state index contributed by atoms with van der Waals surface area (Å²) < 4.78 is 45.1. The van der Waals surface area contributed by atoms with E-state index in [1.54, 1.807) is 7.05 Å². The van der Waals surface area contributed by atoms with Crippen molar-refractivity contribution < 1.29 is 17.9 Å². The molecule has 6 nitrogen and oxygen atoms in total. The standard InChI is InChI=1S/C12H14F3N5O/c1-3-4-16-9-5-8(12(13,14)15)6-10(18-9)21-11-17-7-20(2)19-11/h5-7H,3-4H2,1-2H3,(H,16,18). The number of rotatable bonds is 5. The van der Waals surface area contributed by atoms with Crippen molar-refractivity contribution in [3.63, 3.8) is 0 Å². The first kappa shape index (κ1) is 15.1. The summed E-state index contributed by atoms with van der Waals surface area (Å²) in [7, 11) is 1.62. The molecular weight excluding hydrogens is 287 g/mol. The second-order valence-corrected chi connectivity index (χ2v) is 4.31. The minimum absolute atomic E-state index is 0.0641. The molecule has 2 heterocycles. The molecular formula is C12H14F3N5O. The lowest BCUT2D eigenvalue weighted by atomic mass is 10.2. The third kappa shape index (κ3) is 4.07. The molecule has 1 N–H and O–H groups in total. The van der Waals surface area contributed by atoms with Crippen LogP contribution in [0.5, 0.6) is 11.9 Å². The smallest absolute Gasteiger partial charge is 0.404 e. The van der Waals surface area contributed by atoms with Gasteiger partial charge in [0.1, 0.15) is 12.1 Å². The topological polar surface area (TPSA) is 64.9 Å². The number of hydrogen-bond donors (Lipinski definition) is 1. The molecule has 0 aliphatic carbocycles. The zero-order chi connectivity index (χ0) is 15.5. The van der Waals surface area contributed by atoms with E-state index in [-0.39, 0.29) is 17.7 Å². The van der Waals surface area contributed by atoms with Gasteiger partial charge in [-0.05, 0) is 12.5 Å². The van der Waals surface area contributed by atoms with Crippen LogP contribution in [-0.2, 0) is 13.2 Å². The van der Waals surface area contributed by atoms with Crippen LogP contribution in [0, 0.1) is 0 Å². The van der Waals surface area contributed by atoms with Gasteiger partial charge in [-0.25, -0.2) is 0 Å². The van der Waals surface area contributed by atoms with Crippen molar-refractivity contribution in [2.24, 2.45) is 7.05 Å². The van der Waals surface area contributed by atoms with Gasteiger partial charge in [0.05, 0.1) is 5.56 Å². The number of anilines is 1. The average molecular weight is 301 g/mol. The molecule has 21 heavy (non-hydrogen) atoms. The molecule has 0 unspecified atom stereocenters. The van der Waals surface area contributed by atoms with Crippen LogP contribution < -0.4 is 10.1 Å². The Hall–Kier alpha value is -2.32. The monoisotopic (exact) mass is 301 g/mol. The van der Waals surface area contributed by atoms with Gasteiger partial charge in [-0.2, -0.15) is 23.1 Å². The fourth-order valence-corrected chi connectivity index (χ4v) is 1.52. The van der Waals surface area contributed by atoms with E-state index in [2.05, 4.69) is 20.4 Å². The van der Waals surface area contributed by atoms with Gasteiger partial charge in [0.25, 0.3) is 0 Å². The van der Waals surface area contributed by atoms with Crippen LogP contribution in [0.15, 0.2) is 18.5 Å². The third-order valence-corrected chi connectivity index (χ3v) is 2.46. The highest BCUT2D eigenvalue weighted by Crippen LogP contribution is 2.33. The normalized spacial score (nSPS) is 11.5. The van der Waals surface area contributed by atoms with Crippen molar-refractivity contribution in [2.75, 3.05) is 11.9 Å². The summed E-state index contributed by atoms with van der Waals surface area (Å²) in [6.07, 6.45) is -2.35. The van der Waals surface area contributed by atoms with E-state index < -0.39 is 11.7 Å². The van der Waals surface area contributed by atoms with E-state index in [4.69, 9.17) is 4.74 Å². The molecule has 0 aliphatic rings. The van der Waals surface area contributed by atoms with Gasteiger partial charge in [-0.15, -0.1) is 5.10 Å². The largest absolute Gasteiger partial charge is 0.416 e. The van der Waals surface area contributed by atoms with Crippen molar-refractivity contribution >= 4 is 5.82 Å². The lowest BCUT2D eigenvalue weighted by molar-refractivity contribution is -0.137. The van der Waals surface area contributed by atoms with Crippen molar-refractivity contribution in [3.8, 4) is 11.9 Å². The van der Waals surface area contributed by atoms with Crippen LogP contribution in [0.25, 0.3) is 0 Å². The number of halogens is 3. The van der Waals surface area contributed by atoms with Crippen LogP contribution >= 0.6 is 0 Å². The SMILES string of the molecule is CCCNc1cc(C(F)(F)F)cc(Oc2ncn(C)n2)n1. The number of aromatic nitrogens is 4. The van der Waals surface area contributed by atoms with E-state index in [1.165, 1.54) is 11.0 Å². The zero-order valence-corrected chi connectivity index (χ0v) is 11.5. The second-order valence-electron chi connectivity index (χ2n) is 4.31. The number of hydrogen-bond acceptors (Lipinski definition) is 5. The minimum atomic E-state index is -4.48. The van der Waals surface area contributed by atoms with Gasteiger partial charge >= 0.3 is 12.2 Å². The molecule has 2 aromatic heterocycles. The molecule has 0 aliphatic heterocycles. The highest BCUT2D eigenvalue weighted by molar-refractivity contribution is 5.43. The Labute approximate surface area is 119 Å². The maximum absolute atomic E-state index is 12.9. The van der Waals surface area contributed by atoms with Crippen molar-refractivity contribution in [1.29, 1.82) is 0 Å². The Morgan fingerprint density at radius 2 is 2.10 bits per heavy atom. The quantitative estimate of drug-likeness (QED) is 0.920. The van der Waals surface area contributed by atoms with Crippen LogP contribution in [0.2, 0.25) is 0 Å². The number of ether oxygens (including phenoxy) is 1. The summed E-state index contributed by atoms with van der Waals surface area (Å²) in [6, 6.07) is 1.69. The van der Waals surface area contributed by atoms with Crippen LogP contribution in [0.4, 0.5) is 19.0 Å². The molecule has 0 radical (unpaired) electrons. The first-order valence-electron chi connectivity index (χ1n) is 6.25. The maximum atomic E-state index is 12.9. The second kappa shape index (κ2) is 5.98. The summed E-state index contributed by atoms with van der Waals surface area (Å²) in [5.41, 5.74) is -0.845. The Morgan fingerprint density at radius 3 is 2.67 bits per heavy atom. The molecule has 0 fully saturated rings. The Morgan fingerprint density at radius 1 is 1.33 bits per heavy atom. The van der Waals surface area contributed by atoms with E-state index >= 15 is 0 Å². The van der Waals surface area contributed by atoms with Crippen molar-refractivity contribution in [3.05, 3.63) is 24.0 Å². The van der Waals surface area contributed by atoms with E-state index in [1.807, 2.05) is 6.92 Å². The lowest BCUT2D eigenvalue weighted by Crippen LogP contribution is -2.09. The molecule has 9 heteroatoms. The predicted octanol–water partition coefficient (Wildman–Crippen LogP) is 2.84. The molecule has 0 saturated heterocycles. The van der Waals surface area contributed by atoms with Crippen LogP contribution in [0.1, 0.15) is 18.9 Å². The Balaban J connectivity index is 2.30. The van der Waals surface area contributed by atoms with E-state index in [9.17, 15) is 13.2 Å². The molecule has 2 aromatic rings. The summed E-state index contributed by atoms with van der Waals surface area (Å²) >= 11 is 0. The van der Waals surface area contributed by atoms with Gasteiger partial charge in [-0.3, -0.25) is 4.68 Å². The molecule has 2 rings (SSSR count). The van der Waals surface area contributed by atoms with E-state index in [0.29, 0.717) is 6.54 Å². The fraction of sp³-hybridized carbons (Fsp3) is 0.417. The number of nitrogens with one attached hydrogen (secondary N) is 1. The highest BCUT2D eigenvalue weighted by Gasteiger charge is 2.32. The predicted molar refractivity (Wildman–Crippen MR) is 69.1 cm³/mol. The lowest BCUT2D eigenvalue weighted by Gasteiger charge is -2.11. The molecule has 0 saturated carbocycles. The molecule has 0 spiro atoms. The summed E-state index contributed by atoms with van der Waals surface area (Å²) in [5, 5.41) is 6.63.